The zero-order valence-electron chi connectivity index (χ0n) is 28.4. The van der Waals surface area contributed by atoms with Crippen molar-refractivity contribution in [3.8, 4) is 11.5 Å². The molecule has 6 nitrogen and oxygen atoms in total. The molecule has 0 radical (unpaired) electrons. The van der Waals surface area contributed by atoms with Gasteiger partial charge in [-0.25, -0.2) is 13.6 Å². The van der Waals surface area contributed by atoms with Gasteiger partial charge in [-0.3, -0.25) is 4.79 Å². The summed E-state index contributed by atoms with van der Waals surface area (Å²) >= 11 is 0. The molecule has 1 aromatic carbocycles. The Labute approximate surface area is 258 Å². The Morgan fingerprint density at radius 3 is 1.98 bits per heavy atom. The number of halogens is 2. The number of alkyl halides is 2. The van der Waals surface area contributed by atoms with Gasteiger partial charge in [0.2, 0.25) is 0 Å². The van der Waals surface area contributed by atoms with E-state index in [1.807, 2.05) is 0 Å². The lowest BCUT2D eigenvalue weighted by Crippen LogP contribution is -2.49. The first-order valence-electron chi connectivity index (χ1n) is 15.5. The molecule has 0 aliphatic heterocycles. The average Bonchev–Trinajstić information content (AvgIpc) is 2.91. The number of esters is 2. The Kier molecular flexibility index (Phi) is 14.7. The number of rotatable bonds is 19. The van der Waals surface area contributed by atoms with Crippen molar-refractivity contribution < 1.29 is 37.3 Å². The summed E-state index contributed by atoms with van der Waals surface area (Å²) in [6, 6.07) is 5.17. The summed E-state index contributed by atoms with van der Waals surface area (Å²) in [5.74, 6) is -2.19. The molecule has 0 amide bonds. The molecule has 0 saturated heterocycles. The molecule has 0 aliphatic rings. The fourth-order valence-electron chi connectivity index (χ4n) is 4.70. The standard InChI is InChI=1S/C35H56F2O6/c1-25(2)32(5,6)23-34(9,33(7,8)26(3)4)31(39)42-21-15-13-12-14-20-41-28-18-16-27(22-29(28)40-11)17-19-30(38)43-24-35(10,36)37/h16-19,22,25-26H,12-15,20-21,23-24H2,1-11H3/b19-17+. The van der Waals surface area contributed by atoms with Crippen molar-refractivity contribution in [1.29, 1.82) is 0 Å². The van der Waals surface area contributed by atoms with Gasteiger partial charge >= 0.3 is 11.9 Å². The largest absolute Gasteiger partial charge is 0.493 e. The number of carbonyl (C=O) groups excluding carboxylic acids is 2. The lowest BCUT2D eigenvalue weighted by Gasteiger charge is -2.49. The number of unbranched alkanes of at least 4 members (excludes halogenated alkanes) is 3. The molecule has 0 bridgehead atoms. The van der Waals surface area contributed by atoms with Gasteiger partial charge in [-0.2, -0.15) is 0 Å². The molecule has 1 aromatic rings. The van der Waals surface area contributed by atoms with Crippen molar-refractivity contribution in [2.75, 3.05) is 26.9 Å². The Morgan fingerprint density at radius 1 is 0.837 bits per heavy atom. The number of hydrogen-bond donors (Lipinski definition) is 0. The number of carbonyl (C=O) groups is 2. The molecule has 0 aliphatic carbocycles. The van der Waals surface area contributed by atoms with Crippen molar-refractivity contribution in [3.63, 3.8) is 0 Å². The molecular formula is C35H56F2O6. The van der Waals surface area contributed by atoms with E-state index in [4.69, 9.17) is 14.2 Å². The third-order valence-electron chi connectivity index (χ3n) is 9.28. The molecule has 0 N–H and O–H groups in total. The highest BCUT2D eigenvalue weighted by atomic mass is 19.3. The zero-order valence-corrected chi connectivity index (χ0v) is 28.4. The van der Waals surface area contributed by atoms with Crippen molar-refractivity contribution in [3.05, 3.63) is 29.8 Å². The van der Waals surface area contributed by atoms with Crippen LogP contribution in [0, 0.1) is 28.1 Å². The average molecular weight is 611 g/mol. The number of benzene rings is 1. The van der Waals surface area contributed by atoms with Crippen LogP contribution in [-0.4, -0.2) is 44.8 Å². The topological polar surface area (TPSA) is 71.1 Å². The molecule has 0 fully saturated rings. The van der Waals surface area contributed by atoms with Gasteiger partial charge in [0.1, 0.15) is 0 Å². The van der Waals surface area contributed by atoms with Crippen LogP contribution >= 0.6 is 0 Å². The van der Waals surface area contributed by atoms with Crippen LogP contribution in [0.25, 0.3) is 6.08 Å². The lowest BCUT2D eigenvalue weighted by molar-refractivity contribution is -0.169. The molecule has 0 aromatic heterocycles. The van der Waals surface area contributed by atoms with Crippen LogP contribution in [0.5, 0.6) is 11.5 Å². The van der Waals surface area contributed by atoms with E-state index < -0.39 is 23.9 Å². The summed E-state index contributed by atoms with van der Waals surface area (Å²) in [5.41, 5.74) is -0.169. The molecule has 43 heavy (non-hydrogen) atoms. The number of hydrogen-bond acceptors (Lipinski definition) is 6. The van der Waals surface area contributed by atoms with E-state index in [0.29, 0.717) is 49.0 Å². The predicted molar refractivity (Wildman–Crippen MR) is 168 cm³/mol. The Bertz CT molecular complexity index is 1050. The summed E-state index contributed by atoms with van der Waals surface area (Å²) in [7, 11) is 1.52. The lowest BCUT2D eigenvalue weighted by atomic mass is 9.55. The number of ether oxygens (including phenoxy) is 4. The third kappa shape index (κ3) is 12.1. The zero-order chi connectivity index (χ0) is 33.1. The number of methoxy groups -OCH3 is 1. The Morgan fingerprint density at radius 2 is 1.44 bits per heavy atom. The van der Waals surface area contributed by atoms with Gasteiger partial charge in [0.25, 0.3) is 5.92 Å². The van der Waals surface area contributed by atoms with E-state index in [1.165, 1.54) is 13.2 Å². The minimum atomic E-state index is -3.07. The highest BCUT2D eigenvalue weighted by molar-refractivity contribution is 5.87. The summed E-state index contributed by atoms with van der Waals surface area (Å²) in [4.78, 5) is 25.2. The van der Waals surface area contributed by atoms with Gasteiger partial charge in [-0.1, -0.05) is 61.5 Å². The van der Waals surface area contributed by atoms with E-state index >= 15 is 0 Å². The van der Waals surface area contributed by atoms with Gasteiger partial charge in [0.05, 0.1) is 25.7 Å². The van der Waals surface area contributed by atoms with E-state index in [1.54, 1.807) is 18.2 Å². The first kappa shape index (κ1) is 38.4. The quantitative estimate of drug-likeness (QED) is 0.0884. The molecule has 0 spiro atoms. The summed E-state index contributed by atoms with van der Waals surface area (Å²) in [6.45, 7) is 20.3. The van der Waals surface area contributed by atoms with E-state index in [0.717, 1.165) is 38.2 Å². The second-order valence-electron chi connectivity index (χ2n) is 13.8. The summed E-state index contributed by atoms with van der Waals surface area (Å²) in [6.07, 6.45) is 6.79. The fraction of sp³-hybridized carbons (Fsp3) is 0.714. The minimum absolute atomic E-state index is 0.00464. The van der Waals surface area contributed by atoms with Crippen molar-refractivity contribution in [2.24, 2.45) is 28.1 Å². The maximum atomic E-state index is 13.5. The van der Waals surface area contributed by atoms with Crippen molar-refractivity contribution in [1.82, 2.24) is 0 Å². The molecule has 1 rings (SSSR count). The molecule has 0 heterocycles. The first-order valence-corrected chi connectivity index (χ1v) is 15.5. The monoisotopic (exact) mass is 610 g/mol. The van der Waals surface area contributed by atoms with E-state index in [9.17, 15) is 18.4 Å². The van der Waals surface area contributed by atoms with Crippen LogP contribution in [0.1, 0.15) is 107 Å². The van der Waals surface area contributed by atoms with Gasteiger partial charge < -0.3 is 18.9 Å². The van der Waals surface area contributed by atoms with Crippen LogP contribution in [0.15, 0.2) is 24.3 Å². The molecule has 1 unspecified atom stereocenters. The Balaban J connectivity index is 2.55. The summed E-state index contributed by atoms with van der Waals surface area (Å²) in [5, 5.41) is 0. The maximum absolute atomic E-state index is 13.5. The smallest absolute Gasteiger partial charge is 0.330 e. The van der Waals surface area contributed by atoms with Crippen LogP contribution in [0.4, 0.5) is 8.78 Å². The van der Waals surface area contributed by atoms with Crippen molar-refractivity contribution in [2.45, 2.75) is 107 Å². The Hall–Kier alpha value is -2.64. The second-order valence-corrected chi connectivity index (χ2v) is 13.8. The van der Waals surface area contributed by atoms with Gasteiger partial charge in [-0.05, 0) is 85.5 Å². The second kappa shape index (κ2) is 16.4. The predicted octanol–water partition coefficient (Wildman–Crippen LogP) is 9.15. The van der Waals surface area contributed by atoms with Gasteiger partial charge in [0, 0.05) is 13.0 Å². The van der Waals surface area contributed by atoms with E-state index in [2.05, 4.69) is 67.1 Å². The molecule has 1 atom stereocenters. The molecule has 246 valence electrons. The van der Waals surface area contributed by atoms with Gasteiger partial charge in [-0.15, -0.1) is 0 Å². The minimum Gasteiger partial charge on any atom is -0.493 e. The summed E-state index contributed by atoms with van der Waals surface area (Å²) < 4.78 is 47.4. The van der Waals surface area contributed by atoms with E-state index in [-0.39, 0.29) is 16.8 Å². The normalized spacial score (nSPS) is 14.2. The van der Waals surface area contributed by atoms with Crippen LogP contribution in [0.2, 0.25) is 0 Å². The molecule has 0 saturated carbocycles. The fourth-order valence-corrected chi connectivity index (χ4v) is 4.70. The van der Waals surface area contributed by atoms with Crippen LogP contribution < -0.4 is 9.47 Å². The third-order valence-corrected chi connectivity index (χ3v) is 9.28. The highest BCUT2D eigenvalue weighted by Crippen LogP contribution is 2.53. The molecular weight excluding hydrogens is 554 g/mol. The van der Waals surface area contributed by atoms with Crippen LogP contribution in [-0.2, 0) is 19.1 Å². The molecule has 8 heteroatoms. The first-order chi connectivity index (χ1) is 19.8. The maximum Gasteiger partial charge on any atom is 0.330 e. The highest BCUT2D eigenvalue weighted by Gasteiger charge is 2.52. The SMILES string of the molecule is COc1cc(/C=C/C(=O)OCC(C)(F)F)ccc1OCCCCCCOC(=O)C(C)(CC(C)(C)C(C)C)C(C)(C)C(C)C. The van der Waals surface area contributed by atoms with Crippen molar-refractivity contribution >= 4 is 18.0 Å². The van der Waals surface area contributed by atoms with Crippen LogP contribution in [0.3, 0.4) is 0 Å². The van der Waals surface area contributed by atoms with Gasteiger partial charge in [0.15, 0.2) is 18.1 Å².